The van der Waals surface area contributed by atoms with Gasteiger partial charge in [0.1, 0.15) is 29.6 Å². The zero-order chi connectivity index (χ0) is 20.8. The number of nitrogens with zero attached hydrogens (tertiary/aromatic N) is 1. The molecule has 7 heteroatoms. The van der Waals surface area contributed by atoms with Crippen LogP contribution in [0.3, 0.4) is 0 Å². The largest absolute Gasteiger partial charge is 0.496 e. The Labute approximate surface area is 170 Å². The summed E-state index contributed by atoms with van der Waals surface area (Å²) in [7, 11) is 8.96. The molecule has 29 heavy (non-hydrogen) atoms. The molecule has 2 heterocycles. The predicted molar refractivity (Wildman–Crippen MR) is 106 cm³/mol. The molecule has 2 aromatic rings. The van der Waals surface area contributed by atoms with Gasteiger partial charge in [0.25, 0.3) is 0 Å². The molecule has 0 N–H and O–H groups in total. The van der Waals surface area contributed by atoms with Crippen molar-refractivity contribution in [2.45, 2.75) is 19.0 Å². The van der Waals surface area contributed by atoms with Crippen LogP contribution in [0.5, 0.6) is 28.7 Å². The number of methoxy groups -OCH3 is 3. The summed E-state index contributed by atoms with van der Waals surface area (Å²) in [5.74, 6) is 2.94. The molecule has 4 rings (SSSR count). The Morgan fingerprint density at radius 2 is 1.79 bits per heavy atom. The molecule has 0 amide bonds. The fraction of sp³-hybridized carbons (Fsp3) is 0.409. The Balaban J connectivity index is 1.77. The Hall–Kier alpha value is -2.93. The number of hydrogen-bond acceptors (Lipinski definition) is 6. The highest BCUT2D eigenvalue weighted by molar-refractivity contribution is 6.01. The second-order valence-electron chi connectivity index (χ2n) is 7.83. The Morgan fingerprint density at radius 1 is 1.10 bits per heavy atom. The third kappa shape index (κ3) is 3.06. The molecule has 0 aliphatic carbocycles. The molecule has 7 nitrogen and oxygen atoms in total. The van der Waals surface area contributed by atoms with Crippen molar-refractivity contribution in [2.24, 2.45) is 0 Å². The molecule has 2 aliphatic rings. The maximum absolute atomic E-state index is 13.4. The van der Waals surface area contributed by atoms with Crippen molar-refractivity contribution in [2.75, 3.05) is 42.2 Å². The van der Waals surface area contributed by atoms with Crippen LogP contribution in [0.4, 0.5) is 0 Å². The molecule has 2 aromatic carbocycles. The van der Waals surface area contributed by atoms with Gasteiger partial charge in [-0.3, -0.25) is 4.79 Å². The minimum Gasteiger partial charge on any atom is -0.496 e. The first-order chi connectivity index (χ1) is 13.9. The van der Waals surface area contributed by atoms with Gasteiger partial charge in [0, 0.05) is 5.56 Å². The van der Waals surface area contributed by atoms with Gasteiger partial charge in [-0.2, -0.15) is 0 Å². The molecule has 0 saturated carbocycles. The SMILES string of the molecule is COc1cccc(OC)c1C(=O)CC1c2c(cc3c(c2OC)OCO3)C[N+]1(C)C. The smallest absolute Gasteiger partial charge is 0.231 e. The number of ether oxygens (including phenoxy) is 5. The monoisotopic (exact) mass is 400 g/mol. The van der Waals surface area contributed by atoms with Gasteiger partial charge >= 0.3 is 0 Å². The molecule has 0 radical (unpaired) electrons. The van der Waals surface area contributed by atoms with Crippen molar-refractivity contribution in [3.63, 3.8) is 0 Å². The predicted octanol–water partition coefficient (Wildman–Crippen LogP) is 3.35. The second kappa shape index (κ2) is 7.15. The van der Waals surface area contributed by atoms with E-state index in [0.717, 1.165) is 17.7 Å². The van der Waals surface area contributed by atoms with E-state index < -0.39 is 0 Å². The number of carbonyl (C=O) groups is 1. The van der Waals surface area contributed by atoms with Crippen LogP contribution < -0.4 is 23.7 Å². The topological polar surface area (TPSA) is 63.2 Å². The Bertz CT molecular complexity index is 946. The third-order valence-corrected chi connectivity index (χ3v) is 5.79. The minimum absolute atomic E-state index is 0.0388. The normalized spacial score (nSPS) is 18.3. The maximum Gasteiger partial charge on any atom is 0.231 e. The number of carbonyl (C=O) groups excluding carboxylic acids is 1. The van der Waals surface area contributed by atoms with Crippen molar-refractivity contribution in [3.8, 4) is 28.7 Å². The number of rotatable bonds is 6. The summed E-state index contributed by atoms with van der Waals surface area (Å²) in [5.41, 5.74) is 2.58. The molecule has 0 fully saturated rings. The molecule has 0 bridgehead atoms. The lowest BCUT2D eigenvalue weighted by molar-refractivity contribution is -0.926. The van der Waals surface area contributed by atoms with Crippen LogP contribution in [-0.4, -0.2) is 52.5 Å². The highest BCUT2D eigenvalue weighted by Gasteiger charge is 2.45. The van der Waals surface area contributed by atoms with Gasteiger partial charge in [-0.05, 0) is 18.2 Å². The number of quaternary nitrogens is 1. The molecule has 0 spiro atoms. The summed E-state index contributed by atoms with van der Waals surface area (Å²) in [5, 5.41) is 0. The Morgan fingerprint density at radius 3 is 2.41 bits per heavy atom. The summed E-state index contributed by atoms with van der Waals surface area (Å²) in [6.45, 7) is 0.943. The average Bonchev–Trinajstić information content (AvgIpc) is 3.27. The fourth-order valence-corrected chi connectivity index (χ4v) is 4.43. The molecule has 2 aliphatic heterocycles. The van der Waals surface area contributed by atoms with Crippen LogP contribution in [0, 0.1) is 0 Å². The fourth-order valence-electron chi connectivity index (χ4n) is 4.43. The zero-order valence-corrected chi connectivity index (χ0v) is 17.4. The summed E-state index contributed by atoms with van der Waals surface area (Å²) >= 11 is 0. The number of hydrogen-bond donors (Lipinski definition) is 0. The summed E-state index contributed by atoms with van der Waals surface area (Å²) in [4.78, 5) is 13.4. The first-order valence-electron chi connectivity index (χ1n) is 9.47. The van der Waals surface area contributed by atoms with Gasteiger partial charge in [0.15, 0.2) is 17.3 Å². The van der Waals surface area contributed by atoms with Crippen LogP contribution in [0.2, 0.25) is 0 Å². The van der Waals surface area contributed by atoms with E-state index in [2.05, 4.69) is 14.1 Å². The first kappa shape index (κ1) is 19.4. The van der Waals surface area contributed by atoms with Gasteiger partial charge in [0.05, 0.1) is 47.4 Å². The summed E-state index contributed by atoms with van der Waals surface area (Å²) in [6.07, 6.45) is 0.284. The van der Waals surface area contributed by atoms with E-state index in [1.807, 2.05) is 12.1 Å². The number of fused-ring (bicyclic) bond motifs is 2. The molecular weight excluding hydrogens is 374 g/mol. The van der Waals surface area contributed by atoms with Gasteiger partial charge in [-0.1, -0.05) is 6.07 Å². The van der Waals surface area contributed by atoms with E-state index in [1.54, 1.807) is 33.5 Å². The zero-order valence-electron chi connectivity index (χ0n) is 17.4. The van der Waals surface area contributed by atoms with Crippen LogP contribution in [0.25, 0.3) is 0 Å². The third-order valence-electron chi connectivity index (χ3n) is 5.79. The molecule has 154 valence electrons. The molecule has 0 aromatic heterocycles. The lowest BCUT2D eigenvalue weighted by atomic mass is 9.94. The van der Waals surface area contributed by atoms with Crippen molar-refractivity contribution < 1.29 is 33.0 Å². The molecular formula is C22H26NO6+. The van der Waals surface area contributed by atoms with E-state index in [-0.39, 0.29) is 25.0 Å². The molecule has 1 atom stereocenters. The maximum atomic E-state index is 13.4. The molecule has 1 unspecified atom stereocenters. The van der Waals surface area contributed by atoms with Gasteiger partial charge in [0.2, 0.25) is 12.5 Å². The van der Waals surface area contributed by atoms with E-state index in [4.69, 9.17) is 23.7 Å². The highest BCUT2D eigenvalue weighted by atomic mass is 16.7. The van der Waals surface area contributed by atoms with E-state index >= 15 is 0 Å². The average molecular weight is 400 g/mol. The lowest BCUT2D eigenvalue weighted by Crippen LogP contribution is -2.38. The van der Waals surface area contributed by atoms with Crippen LogP contribution in [-0.2, 0) is 6.54 Å². The summed E-state index contributed by atoms with van der Waals surface area (Å²) in [6, 6.07) is 7.27. The minimum atomic E-state index is -0.100. The van der Waals surface area contributed by atoms with Crippen molar-refractivity contribution in [1.29, 1.82) is 0 Å². The van der Waals surface area contributed by atoms with Crippen LogP contribution in [0.15, 0.2) is 24.3 Å². The molecule has 0 saturated heterocycles. The van der Waals surface area contributed by atoms with Gasteiger partial charge in [-0.25, -0.2) is 0 Å². The number of Topliss-reactive ketones (excluding diaryl/α,β-unsaturated/α-hetero) is 1. The van der Waals surface area contributed by atoms with Crippen molar-refractivity contribution >= 4 is 5.78 Å². The van der Waals surface area contributed by atoms with Crippen LogP contribution >= 0.6 is 0 Å². The standard InChI is InChI=1S/C22H26NO6/c1-23(2)11-13-9-18-21(29-12-28-18)22(27-5)19(13)14(23)10-15(24)20-16(25-3)7-6-8-17(20)26-4/h6-9,14H,10-12H2,1-5H3/q+1. The quantitative estimate of drug-likeness (QED) is 0.547. The van der Waals surface area contributed by atoms with Gasteiger partial charge in [-0.15, -0.1) is 0 Å². The van der Waals surface area contributed by atoms with Crippen molar-refractivity contribution in [3.05, 3.63) is 41.0 Å². The number of ketones is 1. The Kier molecular flexibility index (Phi) is 4.78. The summed E-state index contributed by atoms with van der Waals surface area (Å²) < 4.78 is 28.4. The highest BCUT2D eigenvalue weighted by Crippen LogP contribution is 2.53. The van der Waals surface area contributed by atoms with E-state index in [0.29, 0.717) is 38.8 Å². The van der Waals surface area contributed by atoms with Gasteiger partial charge < -0.3 is 28.2 Å². The van der Waals surface area contributed by atoms with Crippen LogP contribution in [0.1, 0.15) is 33.9 Å². The van der Waals surface area contributed by atoms with E-state index in [1.165, 1.54) is 0 Å². The second-order valence-corrected chi connectivity index (χ2v) is 7.83. The first-order valence-corrected chi connectivity index (χ1v) is 9.47. The van der Waals surface area contributed by atoms with Crippen molar-refractivity contribution in [1.82, 2.24) is 0 Å². The lowest BCUT2D eigenvalue weighted by Gasteiger charge is -2.32. The van der Waals surface area contributed by atoms with E-state index in [9.17, 15) is 4.79 Å². The number of benzene rings is 2.